The Morgan fingerprint density at radius 3 is 2.47 bits per heavy atom. The zero-order valence-electron chi connectivity index (χ0n) is 11.1. The molecule has 1 aromatic heterocycles. The molecule has 0 radical (unpaired) electrons. The molecule has 1 saturated heterocycles. The van der Waals surface area contributed by atoms with E-state index in [1.807, 2.05) is 14.0 Å². The Labute approximate surface area is 103 Å². The predicted octanol–water partition coefficient (Wildman–Crippen LogP) is 0.683. The molecule has 5 heteroatoms. The van der Waals surface area contributed by atoms with Crippen molar-refractivity contribution in [2.75, 3.05) is 13.1 Å². The maximum Gasteiger partial charge on any atom is 0.146 e. The number of nitrogens with zero attached hydrogens (tertiary/aromatic N) is 4. The lowest BCUT2D eigenvalue weighted by atomic mass is 9.91. The minimum atomic E-state index is 0.328. The molecule has 0 spiro atoms. The third-order valence-corrected chi connectivity index (χ3v) is 3.92. The van der Waals surface area contributed by atoms with Crippen LogP contribution in [-0.4, -0.2) is 38.8 Å². The summed E-state index contributed by atoms with van der Waals surface area (Å²) in [6.45, 7) is 7.25. The highest BCUT2D eigenvalue weighted by Crippen LogP contribution is 2.20. The maximum absolute atomic E-state index is 5.95. The SMILES string of the molecule is Cc1nnc(CN2CCC(C(C)N)CC2)n1C. The van der Waals surface area contributed by atoms with Crippen LogP contribution < -0.4 is 5.73 Å². The zero-order chi connectivity index (χ0) is 12.4. The van der Waals surface area contributed by atoms with Crippen molar-refractivity contribution in [2.45, 2.75) is 39.3 Å². The molecule has 0 saturated carbocycles. The van der Waals surface area contributed by atoms with Gasteiger partial charge < -0.3 is 10.3 Å². The molecular weight excluding hydrogens is 214 g/mol. The minimum Gasteiger partial charge on any atom is -0.328 e. The summed E-state index contributed by atoms with van der Waals surface area (Å²) in [5.74, 6) is 2.72. The molecule has 17 heavy (non-hydrogen) atoms. The molecule has 0 aromatic carbocycles. The fraction of sp³-hybridized carbons (Fsp3) is 0.833. The first-order valence-corrected chi connectivity index (χ1v) is 6.40. The summed E-state index contributed by atoms with van der Waals surface area (Å²) >= 11 is 0. The van der Waals surface area contributed by atoms with Crippen molar-refractivity contribution in [3.8, 4) is 0 Å². The molecule has 1 fully saturated rings. The molecule has 96 valence electrons. The van der Waals surface area contributed by atoms with Crippen LogP contribution in [0.4, 0.5) is 0 Å². The van der Waals surface area contributed by atoms with E-state index in [2.05, 4.69) is 26.6 Å². The van der Waals surface area contributed by atoms with Gasteiger partial charge in [-0.2, -0.15) is 0 Å². The molecule has 2 heterocycles. The second-order valence-corrected chi connectivity index (χ2v) is 5.20. The Hall–Kier alpha value is -0.940. The van der Waals surface area contributed by atoms with Crippen molar-refractivity contribution in [1.82, 2.24) is 19.7 Å². The van der Waals surface area contributed by atoms with Crippen molar-refractivity contribution in [3.05, 3.63) is 11.6 Å². The van der Waals surface area contributed by atoms with Crippen LogP contribution >= 0.6 is 0 Å². The molecule has 1 atom stereocenters. The summed E-state index contributed by atoms with van der Waals surface area (Å²) in [5.41, 5.74) is 5.95. The molecule has 1 aliphatic heterocycles. The fourth-order valence-electron chi connectivity index (χ4n) is 2.43. The van der Waals surface area contributed by atoms with Crippen LogP contribution in [0.1, 0.15) is 31.4 Å². The second kappa shape index (κ2) is 5.14. The Morgan fingerprint density at radius 1 is 1.35 bits per heavy atom. The van der Waals surface area contributed by atoms with E-state index >= 15 is 0 Å². The van der Waals surface area contributed by atoms with Crippen molar-refractivity contribution in [2.24, 2.45) is 18.7 Å². The number of likely N-dealkylation sites (tertiary alicyclic amines) is 1. The molecule has 2 N–H and O–H groups in total. The van der Waals surface area contributed by atoms with E-state index in [0.717, 1.165) is 31.3 Å². The molecule has 2 rings (SSSR count). The number of hydrogen-bond donors (Lipinski definition) is 1. The number of piperidine rings is 1. The molecule has 0 aliphatic carbocycles. The van der Waals surface area contributed by atoms with Crippen molar-refractivity contribution >= 4 is 0 Å². The van der Waals surface area contributed by atoms with E-state index in [1.165, 1.54) is 12.8 Å². The molecular formula is C12H23N5. The number of aryl methyl sites for hydroxylation is 1. The van der Waals surface area contributed by atoms with E-state index in [9.17, 15) is 0 Å². The molecule has 1 aliphatic rings. The average Bonchev–Trinajstić information content (AvgIpc) is 2.62. The van der Waals surface area contributed by atoms with Crippen LogP contribution in [0.2, 0.25) is 0 Å². The monoisotopic (exact) mass is 237 g/mol. The van der Waals surface area contributed by atoms with Gasteiger partial charge in [0.25, 0.3) is 0 Å². The predicted molar refractivity (Wildman–Crippen MR) is 67.4 cm³/mol. The highest BCUT2D eigenvalue weighted by molar-refractivity contribution is 4.93. The van der Waals surface area contributed by atoms with Gasteiger partial charge in [-0.25, -0.2) is 0 Å². The lowest BCUT2D eigenvalue weighted by Crippen LogP contribution is -2.39. The van der Waals surface area contributed by atoms with Crippen molar-refractivity contribution in [1.29, 1.82) is 0 Å². The van der Waals surface area contributed by atoms with Gasteiger partial charge >= 0.3 is 0 Å². The summed E-state index contributed by atoms with van der Waals surface area (Å²) in [6.07, 6.45) is 2.41. The fourth-order valence-corrected chi connectivity index (χ4v) is 2.43. The Morgan fingerprint density at radius 2 is 2.00 bits per heavy atom. The van der Waals surface area contributed by atoms with Gasteiger partial charge in [-0.3, -0.25) is 4.90 Å². The number of hydrogen-bond acceptors (Lipinski definition) is 4. The van der Waals surface area contributed by atoms with Crippen LogP contribution in [0, 0.1) is 12.8 Å². The second-order valence-electron chi connectivity index (χ2n) is 5.20. The van der Waals surface area contributed by atoms with Gasteiger partial charge in [-0.15, -0.1) is 10.2 Å². The third-order valence-electron chi connectivity index (χ3n) is 3.92. The van der Waals surface area contributed by atoms with Crippen LogP contribution in [-0.2, 0) is 13.6 Å². The lowest BCUT2D eigenvalue weighted by Gasteiger charge is -2.33. The molecule has 1 unspecified atom stereocenters. The summed E-state index contributed by atoms with van der Waals surface area (Å²) in [5, 5.41) is 8.30. The molecule has 0 amide bonds. The van der Waals surface area contributed by atoms with Crippen LogP contribution in [0.15, 0.2) is 0 Å². The summed E-state index contributed by atoms with van der Waals surface area (Å²) < 4.78 is 2.07. The first kappa shape index (κ1) is 12.5. The van der Waals surface area contributed by atoms with E-state index < -0.39 is 0 Å². The topological polar surface area (TPSA) is 60.0 Å². The Bertz CT molecular complexity index is 363. The van der Waals surface area contributed by atoms with Crippen LogP contribution in [0.25, 0.3) is 0 Å². The average molecular weight is 237 g/mol. The van der Waals surface area contributed by atoms with Gasteiger partial charge in [0.2, 0.25) is 0 Å². The van der Waals surface area contributed by atoms with E-state index in [0.29, 0.717) is 12.0 Å². The minimum absolute atomic E-state index is 0.328. The Kier molecular flexibility index (Phi) is 3.79. The Balaban J connectivity index is 1.88. The third kappa shape index (κ3) is 2.84. The summed E-state index contributed by atoms with van der Waals surface area (Å²) in [7, 11) is 2.03. The summed E-state index contributed by atoms with van der Waals surface area (Å²) in [4.78, 5) is 2.45. The van der Waals surface area contributed by atoms with Crippen molar-refractivity contribution < 1.29 is 0 Å². The summed E-state index contributed by atoms with van der Waals surface area (Å²) in [6, 6.07) is 0.328. The first-order chi connectivity index (χ1) is 8.08. The normalized spacial score (nSPS) is 20.7. The number of aromatic nitrogens is 3. The quantitative estimate of drug-likeness (QED) is 0.840. The van der Waals surface area contributed by atoms with Crippen molar-refractivity contribution in [3.63, 3.8) is 0 Å². The first-order valence-electron chi connectivity index (χ1n) is 6.40. The van der Waals surface area contributed by atoms with Crippen LogP contribution in [0.3, 0.4) is 0 Å². The van der Waals surface area contributed by atoms with E-state index in [1.54, 1.807) is 0 Å². The zero-order valence-corrected chi connectivity index (χ0v) is 11.1. The van der Waals surface area contributed by atoms with Gasteiger partial charge in [0.15, 0.2) is 0 Å². The smallest absolute Gasteiger partial charge is 0.146 e. The highest BCUT2D eigenvalue weighted by Gasteiger charge is 2.22. The standard InChI is InChI=1S/C12H23N5/c1-9(13)11-4-6-17(7-5-11)8-12-15-14-10(2)16(12)3/h9,11H,4-8,13H2,1-3H3. The van der Waals surface area contributed by atoms with Gasteiger partial charge in [0, 0.05) is 13.1 Å². The van der Waals surface area contributed by atoms with E-state index in [-0.39, 0.29) is 0 Å². The lowest BCUT2D eigenvalue weighted by molar-refractivity contribution is 0.161. The highest BCUT2D eigenvalue weighted by atomic mass is 15.3. The van der Waals surface area contributed by atoms with Gasteiger partial charge in [0.05, 0.1) is 6.54 Å². The van der Waals surface area contributed by atoms with E-state index in [4.69, 9.17) is 5.73 Å². The van der Waals surface area contributed by atoms with Gasteiger partial charge in [-0.05, 0) is 45.7 Å². The van der Waals surface area contributed by atoms with Gasteiger partial charge in [-0.1, -0.05) is 0 Å². The maximum atomic E-state index is 5.95. The molecule has 5 nitrogen and oxygen atoms in total. The molecule has 1 aromatic rings. The number of nitrogens with two attached hydrogens (primary N) is 1. The largest absolute Gasteiger partial charge is 0.328 e. The molecule has 0 bridgehead atoms. The number of rotatable bonds is 3. The van der Waals surface area contributed by atoms with Gasteiger partial charge in [0.1, 0.15) is 11.6 Å². The van der Waals surface area contributed by atoms with Crippen LogP contribution in [0.5, 0.6) is 0 Å².